The van der Waals surface area contributed by atoms with E-state index in [0.29, 0.717) is 49.5 Å². The Labute approximate surface area is 173 Å². The Balaban J connectivity index is 1.74. The van der Waals surface area contributed by atoms with Crippen molar-refractivity contribution in [3.8, 4) is 0 Å². The zero-order valence-electron chi connectivity index (χ0n) is 17.1. The molecule has 8 nitrogen and oxygen atoms in total. The minimum absolute atomic E-state index is 0.0415. The average Bonchev–Trinajstić information content (AvgIpc) is 2.73. The van der Waals surface area contributed by atoms with E-state index in [1.54, 1.807) is 14.0 Å². The maximum atomic E-state index is 13.1. The van der Waals surface area contributed by atoms with Crippen molar-refractivity contribution in [3.63, 3.8) is 0 Å². The third-order valence-corrected chi connectivity index (χ3v) is 5.09. The number of hydrogen-bond donors (Lipinski definition) is 1. The first-order chi connectivity index (χ1) is 14.4. The second-order valence-corrected chi connectivity index (χ2v) is 7.20. The van der Waals surface area contributed by atoms with E-state index in [0.717, 1.165) is 0 Å². The quantitative estimate of drug-likeness (QED) is 0.723. The van der Waals surface area contributed by atoms with E-state index < -0.39 is 0 Å². The van der Waals surface area contributed by atoms with Gasteiger partial charge in [-0.1, -0.05) is 12.1 Å². The molecule has 1 N–H and O–H groups in total. The Hall–Kier alpha value is -3.23. The van der Waals surface area contributed by atoms with Crippen LogP contribution in [0.2, 0.25) is 0 Å². The largest absolute Gasteiger partial charge is 0.466 e. The molecular weight excluding hydrogens is 391 g/mol. The fraction of sp³-hybridized carbons (Fsp3) is 0.429. The molecule has 1 amide bonds. The smallest absolute Gasteiger partial charge is 0.309 e. The first-order valence-corrected chi connectivity index (χ1v) is 9.91. The molecular formula is C21H25FN4O4. The van der Waals surface area contributed by atoms with Crippen molar-refractivity contribution in [1.29, 1.82) is 0 Å². The molecule has 0 radical (unpaired) electrons. The van der Waals surface area contributed by atoms with Gasteiger partial charge >= 0.3 is 5.97 Å². The molecule has 1 aromatic carbocycles. The van der Waals surface area contributed by atoms with Crippen LogP contribution in [0.25, 0.3) is 0 Å². The van der Waals surface area contributed by atoms with Crippen molar-refractivity contribution < 1.29 is 18.7 Å². The average molecular weight is 416 g/mol. The van der Waals surface area contributed by atoms with Gasteiger partial charge in [0, 0.05) is 20.1 Å². The maximum Gasteiger partial charge on any atom is 0.309 e. The van der Waals surface area contributed by atoms with Crippen molar-refractivity contribution >= 4 is 23.3 Å². The molecule has 0 bridgehead atoms. The lowest BCUT2D eigenvalue weighted by atomic mass is 9.96. The van der Waals surface area contributed by atoms with Gasteiger partial charge in [-0.15, -0.1) is 0 Å². The second-order valence-electron chi connectivity index (χ2n) is 7.20. The Morgan fingerprint density at radius 2 is 1.90 bits per heavy atom. The van der Waals surface area contributed by atoms with Gasteiger partial charge in [-0.25, -0.2) is 9.07 Å². The SMILES string of the molecule is CCOC(=O)C1CCN(c2c(NC(=O)Cc3ccc(F)cc3)cnn(C)c2=O)CC1. The molecule has 0 saturated carbocycles. The van der Waals surface area contributed by atoms with Gasteiger partial charge in [-0.2, -0.15) is 5.10 Å². The number of nitrogens with zero attached hydrogens (tertiary/aromatic N) is 3. The van der Waals surface area contributed by atoms with E-state index in [2.05, 4.69) is 10.4 Å². The van der Waals surface area contributed by atoms with Gasteiger partial charge in [0.05, 0.1) is 30.8 Å². The van der Waals surface area contributed by atoms with Crippen LogP contribution >= 0.6 is 0 Å². The Morgan fingerprint density at radius 1 is 1.23 bits per heavy atom. The number of halogens is 1. The zero-order valence-corrected chi connectivity index (χ0v) is 17.1. The minimum atomic E-state index is -0.372. The fourth-order valence-corrected chi connectivity index (χ4v) is 3.50. The molecule has 0 aliphatic carbocycles. The van der Waals surface area contributed by atoms with Gasteiger partial charge in [0.1, 0.15) is 11.5 Å². The number of hydrogen-bond acceptors (Lipinski definition) is 6. The zero-order chi connectivity index (χ0) is 21.7. The summed E-state index contributed by atoms with van der Waals surface area (Å²) < 4.78 is 19.4. The Bertz CT molecular complexity index is 966. The highest BCUT2D eigenvalue weighted by Crippen LogP contribution is 2.27. The van der Waals surface area contributed by atoms with E-state index in [-0.39, 0.29) is 35.6 Å². The molecule has 1 saturated heterocycles. The summed E-state index contributed by atoms with van der Waals surface area (Å²) in [6.07, 6.45) is 2.61. The summed E-state index contributed by atoms with van der Waals surface area (Å²) in [5, 5.41) is 6.76. The molecule has 30 heavy (non-hydrogen) atoms. The number of nitrogens with one attached hydrogen (secondary N) is 1. The van der Waals surface area contributed by atoms with Crippen molar-refractivity contribution in [2.75, 3.05) is 29.9 Å². The highest BCUT2D eigenvalue weighted by molar-refractivity contribution is 5.95. The van der Waals surface area contributed by atoms with Crippen LogP contribution in [-0.4, -0.2) is 41.4 Å². The van der Waals surface area contributed by atoms with Gasteiger partial charge in [0.15, 0.2) is 0 Å². The Kier molecular flexibility index (Phi) is 6.81. The number of carbonyl (C=O) groups is 2. The molecule has 0 unspecified atom stereocenters. The van der Waals surface area contributed by atoms with Crippen LogP contribution in [0, 0.1) is 11.7 Å². The molecule has 1 fully saturated rings. The van der Waals surface area contributed by atoms with Crippen molar-refractivity contribution in [1.82, 2.24) is 9.78 Å². The van der Waals surface area contributed by atoms with Crippen LogP contribution in [-0.2, 0) is 27.8 Å². The second kappa shape index (κ2) is 9.51. The lowest BCUT2D eigenvalue weighted by Gasteiger charge is -2.33. The monoisotopic (exact) mass is 416 g/mol. The van der Waals surface area contributed by atoms with Crippen molar-refractivity contribution in [3.05, 3.63) is 52.2 Å². The molecule has 1 aliphatic rings. The summed E-state index contributed by atoms with van der Waals surface area (Å²) in [7, 11) is 1.54. The van der Waals surface area contributed by atoms with E-state index >= 15 is 0 Å². The highest BCUT2D eigenvalue weighted by Gasteiger charge is 2.29. The number of carbonyl (C=O) groups excluding carboxylic acids is 2. The normalized spacial score (nSPS) is 14.4. The summed E-state index contributed by atoms with van der Waals surface area (Å²) >= 11 is 0. The molecule has 1 aromatic heterocycles. The first-order valence-electron chi connectivity index (χ1n) is 9.91. The van der Waals surface area contributed by atoms with Gasteiger partial charge in [0.2, 0.25) is 5.91 Å². The molecule has 0 spiro atoms. The van der Waals surface area contributed by atoms with Gasteiger partial charge in [-0.05, 0) is 37.5 Å². The number of benzene rings is 1. The predicted octanol–water partition coefficient (Wildman–Crippen LogP) is 1.88. The van der Waals surface area contributed by atoms with Gasteiger partial charge in [0.25, 0.3) is 5.56 Å². The van der Waals surface area contributed by atoms with Crippen LogP contribution in [0.5, 0.6) is 0 Å². The van der Waals surface area contributed by atoms with E-state index in [4.69, 9.17) is 4.74 Å². The molecule has 3 rings (SSSR count). The maximum absolute atomic E-state index is 13.1. The molecule has 2 heterocycles. The third-order valence-electron chi connectivity index (χ3n) is 5.09. The number of rotatable bonds is 6. The third kappa shape index (κ3) is 5.03. The van der Waals surface area contributed by atoms with Crippen LogP contribution in [0.15, 0.2) is 35.3 Å². The number of amides is 1. The van der Waals surface area contributed by atoms with Gasteiger partial charge < -0.3 is 15.0 Å². The van der Waals surface area contributed by atoms with E-state index in [1.807, 2.05) is 4.90 Å². The molecule has 160 valence electrons. The van der Waals surface area contributed by atoms with Crippen LogP contribution in [0.3, 0.4) is 0 Å². The Morgan fingerprint density at radius 3 is 2.53 bits per heavy atom. The van der Waals surface area contributed by atoms with Crippen LogP contribution < -0.4 is 15.8 Å². The number of esters is 1. The molecule has 2 aromatic rings. The lowest BCUT2D eigenvalue weighted by Crippen LogP contribution is -2.41. The number of aryl methyl sites for hydroxylation is 1. The van der Waals surface area contributed by atoms with E-state index in [9.17, 15) is 18.8 Å². The van der Waals surface area contributed by atoms with E-state index in [1.165, 1.54) is 35.1 Å². The minimum Gasteiger partial charge on any atom is -0.466 e. The first kappa shape index (κ1) is 21.5. The van der Waals surface area contributed by atoms with Gasteiger partial charge in [-0.3, -0.25) is 14.4 Å². The summed E-state index contributed by atoms with van der Waals surface area (Å²) in [6, 6.07) is 5.67. The number of piperidine rings is 1. The highest BCUT2D eigenvalue weighted by atomic mass is 19.1. The van der Waals surface area contributed by atoms with Crippen LogP contribution in [0.1, 0.15) is 25.3 Å². The summed E-state index contributed by atoms with van der Waals surface area (Å²) in [5.41, 5.74) is 0.994. The summed E-state index contributed by atoms with van der Waals surface area (Å²) in [5.74, 6) is -1.11. The number of ether oxygens (including phenoxy) is 1. The van der Waals surface area contributed by atoms with Crippen molar-refractivity contribution in [2.24, 2.45) is 13.0 Å². The standard InChI is InChI=1S/C21H25FN4O4/c1-3-30-21(29)15-8-10-26(11-9-15)19-17(13-23-25(2)20(19)28)24-18(27)12-14-4-6-16(22)7-5-14/h4-7,13,15H,3,8-12H2,1-2H3,(H,24,27). The topological polar surface area (TPSA) is 93.5 Å². The lowest BCUT2D eigenvalue weighted by molar-refractivity contribution is -0.148. The molecule has 1 aliphatic heterocycles. The number of anilines is 2. The predicted molar refractivity (Wildman–Crippen MR) is 110 cm³/mol. The molecule has 0 atom stereocenters. The summed E-state index contributed by atoms with van der Waals surface area (Å²) in [4.78, 5) is 39.1. The summed E-state index contributed by atoms with van der Waals surface area (Å²) in [6.45, 7) is 3.09. The fourth-order valence-electron chi connectivity index (χ4n) is 3.50. The van der Waals surface area contributed by atoms with Crippen molar-refractivity contribution in [2.45, 2.75) is 26.2 Å². The van der Waals surface area contributed by atoms with Crippen LogP contribution in [0.4, 0.5) is 15.8 Å². The molecule has 9 heteroatoms. The number of aromatic nitrogens is 2.